The van der Waals surface area contributed by atoms with Gasteiger partial charge >= 0.3 is 0 Å². The van der Waals surface area contributed by atoms with Crippen LogP contribution in [0.1, 0.15) is 26.7 Å². The molecule has 0 aliphatic heterocycles. The summed E-state index contributed by atoms with van der Waals surface area (Å²) >= 11 is 1.87. The Morgan fingerprint density at radius 2 is 1.75 bits per heavy atom. The lowest BCUT2D eigenvalue weighted by atomic mass is 10.2. The molecule has 0 saturated heterocycles. The largest absolute Gasteiger partial charge is 0.321 e. The second-order valence-electron chi connectivity index (χ2n) is 4.22. The normalized spacial score (nSPS) is 10.8. The third-order valence-electron chi connectivity index (χ3n) is 2.84. The van der Waals surface area contributed by atoms with Crippen molar-refractivity contribution in [2.75, 3.05) is 5.43 Å². The summed E-state index contributed by atoms with van der Waals surface area (Å²) in [7, 11) is 0. The van der Waals surface area contributed by atoms with Gasteiger partial charge in [0.1, 0.15) is 0 Å². The minimum Gasteiger partial charge on any atom is -0.321 e. The van der Waals surface area contributed by atoms with Crippen molar-refractivity contribution >= 4 is 11.3 Å². The van der Waals surface area contributed by atoms with Gasteiger partial charge in [-0.2, -0.15) is 0 Å². The highest BCUT2D eigenvalue weighted by molar-refractivity contribution is 7.12. The van der Waals surface area contributed by atoms with Crippen LogP contribution < -0.4 is 5.43 Å². The smallest absolute Gasteiger partial charge is 0.0575 e. The van der Waals surface area contributed by atoms with Crippen LogP contribution in [0.4, 0.5) is 0 Å². The Balaban J connectivity index is 2.11. The first-order valence-electron chi connectivity index (χ1n) is 5.52. The maximum absolute atomic E-state index is 3.46. The van der Waals surface area contributed by atoms with Crippen molar-refractivity contribution < 1.29 is 0 Å². The van der Waals surface area contributed by atoms with E-state index in [-0.39, 0.29) is 0 Å². The van der Waals surface area contributed by atoms with Gasteiger partial charge in [0.2, 0.25) is 0 Å². The van der Waals surface area contributed by atoms with Crippen molar-refractivity contribution in [1.29, 1.82) is 0 Å². The summed E-state index contributed by atoms with van der Waals surface area (Å²) in [4.78, 5) is 2.79. The summed E-state index contributed by atoms with van der Waals surface area (Å²) in [6.07, 6.45) is 0. The lowest BCUT2D eigenvalue weighted by molar-refractivity contribution is 0.791. The number of rotatable bonds is 3. The summed E-state index contributed by atoms with van der Waals surface area (Å²) in [6, 6.07) is 6.53. The molecule has 0 spiro atoms. The van der Waals surface area contributed by atoms with E-state index in [0.29, 0.717) is 0 Å². The van der Waals surface area contributed by atoms with Crippen LogP contribution in [-0.4, -0.2) is 4.68 Å². The zero-order valence-corrected chi connectivity index (χ0v) is 11.1. The Morgan fingerprint density at radius 1 is 1.12 bits per heavy atom. The Labute approximate surface area is 101 Å². The standard InChI is InChI=1S/C13H18N2S/c1-9-5-6-10(2)15(9)14-8-13-7-11(3)16-12(13)4/h5-7,14H,8H2,1-4H3. The average Bonchev–Trinajstić information content (AvgIpc) is 2.69. The average molecular weight is 234 g/mol. The van der Waals surface area contributed by atoms with Crippen molar-refractivity contribution in [3.05, 3.63) is 44.9 Å². The van der Waals surface area contributed by atoms with E-state index in [2.05, 4.69) is 56.0 Å². The summed E-state index contributed by atoms with van der Waals surface area (Å²) in [5, 5.41) is 0. The molecule has 86 valence electrons. The number of thiophene rings is 1. The molecule has 0 saturated carbocycles. The summed E-state index contributed by atoms with van der Waals surface area (Å²) in [5.74, 6) is 0. The fraction of sp³-hybridized carbons (Fsp3) is 0.385. The van der Waals surface area contributed by atoms with Crippen LogP contribution in [0, 0.1) is 27.7 Å². The highest BCUT2D eigenvalue weighted by Gasteiger charge is 2.04. The Kier molecular flexibility index (Phi) is 3.06. The molecular formula is C13H18N2S. The number of aromatic nitrogens is 1. The summed E-state index contributed by atoms with van der Waals surface area (Å²) in [6.45, 7) is 9.47. The minimum atomic E-state index is 0.895. The number of hydrogen-bond donors (Lipinski definition) is 1. The van der Waals surface area contributed by atoms with E-state index in [9.17, 15) is 0 Å². The van der Waals surface area contributed by atoms with Crippen LogP contribution in [-0.2, 0) is 6.54 Å². The van der Waals surface area contributed by atoms with Gasteiger partial charge in [-0.1, -0.05) is 0 Å². The Morgan fingerprint density at radius 3 is 2.25 bits per heavy atom. The van der Waals surface area contributed by atoms with Gasteiger partial charge in [0.25, 0.3) is 0 Å². The third-order valence-corrected chi connectivity index (χ3v) is 3.85. The van der Waals surface area contributed by atoms with Gasteiger partial charge in [-0.25, -0.2) is 0 Å². The van der Waals surface area contributed by atoms with Crippen LogP contribution in [0.2, 0.25) is 0 Å². The Bertz CT molecular complexity index is 475. The molecular weight excluding hydrogens is 216 g/mol. The lowest BCUT2D eigenvalue weighted by Crippen LogP contribution is -2.16. The molecule has 1 N–H and O–H groups in total. The van der Waals surface area contributed by atoms with Gasteiger partial charge in [0.15, 0.2) is 0 Å². The minimum absolute atomic E-state index is 0.895. The van der Waals surface area contributed by atoms with Crippen molar-refractivity contribution in [2.24, 2.45) is 0 Å². The highest BCUT2D eigenvalue weighted by Crippen LogP contribution is 2.20. The molecule has 0 fully saturated rings. The molecule has 2 nitrogen and oxygen atoms in total. The van der Waals surface area contributed by atoms with E-state index in [0.717, 1.165) is 6.54 Å². The molecule has 2 aromatic rings. The number of nitrogens with zero attached hydrogens (tertiary/aromatic N) is 1. The second-order valence-corrected chi connectivity index (χ2v) is 5.69. The molecule has 0 radical (unpaired) electrons. The van der Waals surface area contributed by atoms with Gasteiger partial charge in [-0.15, -0.1) is 11.3 Å². The zero-order chi connectivity index (χ0) is 11.7. The molecule has 2 heterocycles. The number of nitrogens with one attached hydrogen (secondary N) is 1. The van der Waals surface area contributed by atoms with Crippen LogP contribution >= 0.6 is 11.3 Å². The fourth-order valence-corrected chi connectivity index (χ4v) is 2.89. The first kappa shape index (κ1) is 11.3. The molecule has 0 unspecified atom stereocenters. The van der Waals surface area contributed by atoms with Crippen LogP contribution in [0.15, 0.2) is 18.2 Å². The molecule has 0 aliphatic rings. The first-order chi connectivity index (χ1) is 7.58. The molecule has 3 heteroatoms. The van der Waals surface area contributed by atoms with Crippen molar-refractivity contribution in [1.82, 2.24) is 4.68 Å². The Hall–Kier alpha value is -1.22. The molecule has 2 aromatic heterocycles. The topological polar surface area (TPSA) is 17.0 Å². The predicted molar refractivity (Wildman–Crippen MR) is 70.8 cm³/mol. The molecule has 0 atom stereocenters. The summed E-state index contributed by atoms with van der Waals surface area (Å²) < 4.78 is 2.15. The van der Waals surface area contributed by atoms with Gasteiger partial charge in [0, 0.05) is 21.1 Å². The van der Waals surface area contributed by atoms with Gasteiger partial charge in [-0.3, -0.25) is 4.68 Å². The second kappa shape index (κ2) is 4.34. The van der Waals surface area contributed by atoms with Crippen molar-refractivity contribution in [3.8, 4) is 0 Å². The first-order valence-corrected chi connectivity index (χ1v) is 6.34. The zero-order valence-electron chi connectivity index (χ0n) is 10.3. The van der Waals surface area contributed by atoms with Crippen LogP contribution in [0.5, 0.6) is 0 Å². The number of aryl methyl sites for hydroxylation is 4. The van der Waals surface area contributed by atoms with E-state index in [4.69, 9.17) is 0 Å². The predicted octanol–water partition coefficient (Wildman–Crippen LogP) is 3.53. The van der Waals surface area contributed by atoms with E-state index >= 15 is 0 Å². The van der Waals surface area contributed by atoms with E-state index in [1.807, 2.05) is 11.3 Å². The third kappa shape index (κ3) is 2.14. The molecule has 0 bridgehead atoms. The van der Waals surface area contributed by atoms with Crippen molar-refractivity contribution in [2.45, 2.75) is 34.2 Å². The van der Waals surface area contributed by atoms with Crippen molar-refractivity contribution in [3.63, 3.8) is 0 Å². The fourth-order valence-electron chi connectivity index (χ4n) is 1.94. The summed E-state index contributed by atoms with van der Waals surface area (Å²) in [5.41, 5.74) is 7.36. The van der Waals surface area contributed by atoms with Gasteiger partial charge in [-0.05, 0) is 51.5 Å². The highest BCUT2D eigenvalue weighted by atomic mass is 32.1. The quantitative estimate of drug-likeness (QED) is 0.859. The van der Waals surface area contributed by atoms with E-state index in [1.54, 1.807) is 0 Å². The molecule has 16 heavy (non-hydrogen) atoms. The monoisotopic (exact) mass is 234 g/mol. The van der Waals surface area contributed by atoms with Gasteiger partial charge in [0.05, 0.1) is 6.54 Å². The van der Waals surface area contributed by atoms with Crippen LogP contribution in [0.3, 0.4) is 0 Å². The molecule has 0 aliphatic carbocycles. The van der Waals surface area contributed by atoms with E-state index < -0.39 is 0 Å². The number of hydrogen-bond acceptors (Lipinski definition) is 2. The maximum atomic E-state index is 3.46. The van der Waals surface area contributed by atoms with E-state index in [1.165, 1.54) is 26.7 Å². The van der Waals surface area contributed by atoms with Gasteiger partial charge < -0.3 is 5.43 Å². The SMILES string of the molecule is Cc1cc(CNn2c(C)ccc2C)c(C)s1. The lowest BCUT2D eigenvalue weighted by Gasteiger charge is -2.12. The molecule has 0 amide bonds. The van der Waals surface area contributed by atoms with Crippen LogP contribution in [0.25, 0.3) is 0 Å². The maximum Gasteiger partial charge on any atom is 0.0575 e. The molecule has 2 rings (SSSR count). The molecule has 0 aromatic carbocycles.